The van der Waals surface area contributed by atoms with Gasteiger partial charge in [-0.3, -0.25) is 4.79 Å². The molecule has 0 spiro atoms. The van der Waals surface area contributed by atoms with E-state index in [2.05, 4.69) is 10.2 Å². The van der Waals surface area contributed by atoms with Crippen molar-refractivity contribution < 1.29 is 15.0 Å². The number of rotatable bonds is 2. The molecule has 3 rings (SSSR count). The predicted octanol–water partition coefficient (Wildman–Crippen LogP) is 1.53. The van der Waals surface area contributed by atoms with Gasteiger partial charge in [0.25, 0.3) is 5.91 Å². The fourth-order valence-corrected chi connectivity index (χ4v) is 3.19. The Morgan fingerprint density at radius 2 is 2.25 bits per heavy atom. The molecule has 20 heavy (non-hydrogen) atoms. The lowest BCUT2D eigenvalue weighted by Crippen LogP contribution is -2.24. The number of nitrogens with zero attached hydrogens (tertiary/aromatic N) is 1. The van der Waals surface area contributed by atoms with Gasteiger partial charge in [0.1, 0.15) is 0 Å². The van der Waals surface area contributed by atoms with E-state index in [9.17, 15) is 15.0 Å². The number of fused-ring (bicyclic) bond motifs is 1. The number of anilines is 2. The molecule has 3 N–H and O–H groups in total. The minimum absolute atomic E-state index is 0.236. The number of hydrogen-bond acceptors (Lipinski definition) is 4. The molecular weight excluding hydrogens is 280 g/mol. The summed E-state index contributed by atoms with van der Waals surface area (Å²) in [7, 11) is 0. The van der Waals surface area contributed by atoms with Crippen LogP contribution in [0.1, 0.15) is 25.0 Å². The second-order valence-corrected chi connectivity index (χ2v) is 5.93. The Hall–Kier alpha value is -1.30. The van der Waals surface area contributed by atoms with Crippen molar-refractivity contribution in [2.45, 2.75) is 25.6 Å². The standard InChI is InChI=1S/C14H17ClN2O3/c1-7(18)8-2-3-17(6-8)12-5-11-9(4-10(12)15)13(19)14(20)16-11/h4-5,7-8,13,18-19H,2-3,6H2,1H3,(H,16,20). The van der Waals surface area contributed by atoms with Crippen LogP contribution in [0.4, 0.5) is 11.4 Å². The number of benzene rings is 1. The van der Waals surface area contributed by atoms with Crippen LogP contribution < -0.4 is 10.2 Å². The van der Waals surface area contributed by atoms with E-state index in [0.717, 1.165) is 25.2 Å². The van der Waals surface area contributed by atoms with Gasteiger partial charge in [-0.15, -0.1) is 0 Å². The quantitative estimate of drug-likeness (QED) is 0.774. The fourth-order valence-electron chi connectivity index (χ4n) is 2.90. The molecule has 2 heterocycles. The second kappa shape index (κ2) is 4.91. The molecule has 2 aliphatic heterocycles. The van der Waals surface area contributed by atoms with Gasteiger partial charge in [-0.2, -0.15) is 0 Å². The van der Waals surface area contributed by atoms with Crippen LogP contribution in [0.2, 0.25) is 5.02 Å². The third-order valence-corrected chi connectivity index (χ3v) is 4.47. The van der Waals surface area contributed by atoms with Gasteiger partial charge in [0.05, 0.1) is 16.8 Å². The van der Waals surface area contributed by atoms with Crippen molar-refractivity contribution in [3.8, 4) is 0 Å². The van der Waals surface area contributed by atoms with E-state index in [0.29, 0.717) is 16.3 Å². The Morgan fingerprint density at radius 3 is 2.90 bits per heavy atom. The van der Waals surface area contributed by atoms with Gasteiger partial charge in [0.2, 0.25) is 0 Å². The van der Waals surface area contributed by atoms with Crippen molar-refractivity contribution in [1.29, 1.82) is 0 Å². The first-order chi connectivity index (χ1) is 9.47. The number of hydrogen-bond donors (Lipinski definition) is 3. The van der Waals surface area contributed by atoms with Crippen LogP contribution in [0.5, 0.6) is 0 Å². The molecule has 1 saturated heterocycles. The normalized spacial score (nSPS) is 26.6. The lowest BCUT2D eigenvalue weighted by Gasteiger charge is -2.22. The number of aliphatic hydroxyl groups is 2. The van der Waals surface area contributed by atoms with Crippen molar-refractivity contribution in [3.63, 3.8) is 0 Å². The van der Waals surface area contributed by atoms with Crippen LogP contribution in [0, 0.1) is 5.92 Å². The van der Waals surface area contributed by atoms with Gasteiger partial charge < -0.3 is 20.4 Å². The summed E-state index contributed by atoms with van der Waals surface area (Å²) < 4.78 is 0. The largest absolute Gasteiger partial charge is 0.393 e. The molecule has 1 aromatic carbocycles. The molecule has 1 amide bonds. The molecule has 5 nitrogen and oxygen atoms in total. The smallest absolute Gasteiger partial charge is 0.257 e. The average Bonchev–Trinajstić information content (AvgIpc) is 2.97. The summed E-state index contributed by atoms with van der Waals surface area (Å²) in [5.41, 5.74) is 1.97. The minimum Gasteiger partial charge on any atom is -0.393 e. The van der Waals surface area contributed by atoms with E-state index in [1.165, 1.54) is 0 Å². The molecule has 3 unspecified atom stereocenters. The third kappa shape index (κ3) is 2.16. The minimum atomic E-state index is -1.14. The van der Waals surface area contributed by atoms with Crippen molar-refractivity contribution >= 4 is 28.9 Å². The zero-order valence-corrected chi connectivity index (χ0v) is 11.9. The van der Waals surface area contributed by atoms with E-state index in [4.69, 9.17) is 11.6 Å². The van der Waals surface area contributed by atoms with Crippen LogP contribution in [-0.4, -0.2) is 35.3 Å². The van der Waals surface area contributed by atoms with E-state index in [1.807, 2.05) is 0 Å². The number of amides is 1. The number of carbonyl (C=O) groups excluding carboxylic acids is 1. The summed E-state index contributed by atoms with van der Waals surface area (Å²) in [6, 6.07) is 3.45. The van der Waals surface area contributed by atoms with Crippen LogP contribution >= 0.6 is 11.6 Å². The topological polar surface area (TPSA) is 72.8 Å². The number of carbonyl (C=O) groups is 1. The number of halogens is 1. The first kappa shape index (κ1) is 13.7. The first-order valence-corrected chi connectivity index (χ1v) is 7.10. The van der Waals surface area contributed by atoms with Crippen molar-refractivity contribution in [1.82, 2.24) is 0 Å². The van der Waals surface area contributed by atoms with Gasteiger partial charge >= 0.3 is 0 Å². The van der Waals surface area contributed by atoms with E-state index in [-0.39, 0.29) is 12.0 Å². The molecule has 0 saturated carbocycles. The summed E-state index contributed by atoms with van der Waals surface area (Å²) >= 11 is 6.27. The zero-order chi connectivity index (χ0) is 14.4. The SMILES string of the molecule is CC(O)C1CCN(c2cc3c(cc2Cl)C(O)C(=O)N3)C1. The highest BCUT2D eigenvalue weighted by Gasteiger charge is 2.32. The molecule has 108 valence electrons. The molecule has 2 aliphatic rings. The molecule has 0 aliphatic carbocycles. The molecule has 0 aromatic heterocycles. The maximum atomic E-state index is 11.5. The number of aliphatic hydroxyl groups excluding tert-OH is 2. The van der Waals surface area contributed by atoms with Crippen LogP contribution in [0.25, 0.3) is 0 Å². The van der Waals surface area contributed by atoms with Gasteiger partial charge in [-0.1, -0.05) is 11.6 Å². The van der Waals surface area contributed by atoms with Crippen molar-refractivity contribution in [2.75, 3.05) is 23.3 Å². The number of nitrogens with one attached hydrogen (secondary N) is 1. The summed E-state index contributed by atoms with van der Waals surface area (Å²) in [5, 5.41) is 22.6. The van der Waals surface area contributed by atoms with Gasteiger partial charge in [0, 0.05) is 30.3 Å². The molecule has 0 bridgehead atoms. The highest BCUT2D eigenvalue weighted by molar-refractivity contribution is 6.33. The highest BCUT2D eigenvalue weighted by Crippen LogP contribution is 2.40. The lowest BCUT2D eigenvalue weighted by molar-refractivity contribution is -0.123. The molecule has 0 radical (unpaired) electrons. The summed E-state index contributed by atoms with van der Waals surface area (Å²) in [5.74, 6) is -0.184. The fraction of sp³-hybridized carbons (Fsp3) is 0.500. The second-order valence-electron chi connectivity index (χ2n) is 5.52. The predicted molar refractivity (Wildman–Crippen MR) is 77.0 cm³/mol. The Labute approximate surface area is 122 Å². The average molecular weight is 297 g/mol. The van der Waals surface area contributed by atoms with E-state index in [1.54, 1.807) is 19.1 Å². The summed E-state index contributed by atoms with van der Waals surface area (Å²) in [6.07, 6.45) is -0.560. The third-order valence-electron chi connectivity index (χ3n) is 4.17. The summed E-state index contributed by atoms with van der Waals surface area (Å²) in [6.45, 7) is 3.37. The van der Waals surface area contributed by atoms with Gasteiger partial charge in [0.15, 0.2) is 6.10 Å². The molecule has 1 aromatic rings. The zero-order valence-electron chi connectivity index (χ0n) is 11.1. The van der Waals surface area contributed by atoms with Crippen LogP contribution in [0.3, 0.4) is 0 Å². The van der Waals surface area contributed by atoms with Crippen molar-refractivity contribution in [3.05, 3.63) is 22.7 Å². The Bertz CT molecular complexity index is 562. The molecule has 1 fully saturated rings. The molecule has 3 atom stereocenters. The molecular formula is C14H17ClN2O3. The monoisotopic (exact) mass is 296 g/mol. The Morgan fingerprint density at radius 1 is 1.50 bits per heavy atom. The van der Waals surface area contributed by atoms with E-state index >= 15 is 0 Å². The Kier molecular flexibility index (Phi) is 3.36. The maximum Gasteiger partial charge on any atom is 0.257 e. The first-order valence-electron chi connectivity index (χ1n) is 6.72. The maximum absolute atomic E-state index is 11.5. The van der Waals surface area contributed by atoms with Crippen molar-refractivity contribution in [2.24, 2.45) is 5.92 Å². The molecule has 6 heteroatoms. The van der Waals surface area contributed by atoms with Crippen LogP contribution in [0.15, 0.2) is 12.1 Å². The lowest BCUT2D eigenvalue weighted by atomic mass is 10.0. The highest BCUT2D eigenvalue weighted by atomic mass is 35.5. The van der Waals surface area contributed by atoms with E-state index < -0.39 is 12.0 Å². The van der Waals surface area contributed by atoms with Gasteiger partial charge in [-0.25, -0.2) is 0 Å². The van der Waals surface area contributed by atoms with Crippen LogP contribution in [-0.2, 0) is 4.79 Å². The van der Waals surface area contributed by atoms with Gasteiger partial charge in [-0.05, 0) is 25.5 Å². The summed E-state index contributed by atoms with van der Waals surface area (Å²) in [4.78, 5) is 13.6. The Balaban J connectivity index is 1.89.